The second-order valence-corrected chi connectivity index (χ2v) is 5.25. The number of pyridine rings is 1. The second-order valence-electron chi connectivity index (χ2n) is 5.25. The molecule has 18 heavy (non-hydrogen) atoms. The first-order valence-electron chi connectivity index (χ1n) is 6.64. The predicted molar refractivity (Wildman–Crippen MR) is 72.2 cm³/mol. The average molecular weight is 249 g/mol. The lowest BCUT2D eigenvalue weighted by Crippen LogP contribution is -2.42. The van der Waals surface area contributed by atoms with E-state index in [0.29, 0.717) is 6.04 Å². The maximum absolute atomic E-state index is 9.48. The van der Waals surface area contributed by atoms with E-state index in [9.17, 15) is 5.11 Å². The normalized spacial score (nSPS) is 27.1. The van der Waals surface area contributed by atoms with Crippen LogP contribution in [0.25, 0.3) is 0 Å². The Morgan fingerprint density at radius 1 is 1.50 bits per heavy atom. The monoisotopic (exact) mass is 249 g/mol. The molecule has 2 heterocycles. The van der Waals surface area contributed by atoms with Crippen molar-refractivity contribution in [1.82, 2.24) is 14.8 Å². The third-order valence-electron chi connectivity index (χ3n) is 3.91. The van der Waals surface area contributed by atoms with E-state index in [1.165, 1.54) is 5.56 Å². The number of hydrogen-bond acceptors (Lipinski definition) is 4. The van der Waals surface area contributed by atoms with E-state index in [1.54, 1.807) is 6.20 Å². The zero-order valence-corrected chi connectivity index (χ0v) is 11.3. The van der Waals surface area contributed by atoms with Crippen LogP contribution in [0.3, 0.4) is 0 Å². The number of hydrogen-bond donors (Lipinski definition) is 1. The number of aliphatic hydroxyl groups excluding tert-OH is 1. The maximum Gasteiger partial charge on any atom is 0.0599 e. The molecule has 4 nitrogen and oxygen atoms in total. The van der Waals surface area contributed by atoms with Crippen LogP contribution in [0.4, 0.5) is 0 Å². The largest absolute Gasteiger partial charge is 0.395 e. The number of rotatable bonds is 3. The fourth-order valence-corrected chi connectivity index (χ4v) is 2.49. The number of likely N-dealkylation sites (N-methyl/N-ethyl adjacent to an activating group) is 1. The summed E-state index contributed by atoms with van der Waals surface area (Å²) in [6, 6.07) is 4.88. The topological polar surface area (TPSA) is 39.6 Å². The minimum absolute atomic E-state index is 0.229. The van der Waals surface area contributed by atoms with Gasteiger partial charge in [0.25, 0.3) is 0 Å². The fourth-order valence-electron chi connectivity index (χ4n) is 2.49. The van der Waals surface area contributed by atoms with Crippen molar-refractivity contribution < 1.29 is 5.11 Å². The quantitative estimate of drug-likeness (QED) is 0.866. The molecule has 2 atom stereocenters. The van der Waals surface area contributed by atoms with Gasteiger partial charge in [0, 0.05) is 37.6 Å². The van der Waals surface area contributed by atoms with Gasteiger partial charge in [0.1, 0.15) is 0 Å². The molecule has 1 fully saturated rings. The minimum atomic E-state index is 0.229. The van der Waals surface area contributed by atoms with Crippen LogP contribution >= 0.6 is 0 Å². The van der Waals surface area contributed by atoms with Crippen LogP contribution in [-0.2, 0) is 6.54 Å². The molecule has 0 aromatic carbocycles. The van der Waals surface area contributed by atoms with E-state index < -0.39 is 0 Å². The molecular weight excluding hydrogens is 226 g/mol. The molecule has 0 saturated carbocycles. The van der Waals surface area contributed by atoms with Crippen LogP contribution in [0, 0.1) is 0 Å². The highest BCUT2D eigenvalue weighted by Crippen LogP contribution is 2.16. The molecule has 1 N–H and O–H groups in total. The van der Waals surface area contributed by atoms with Crippen molar-refractivity contribution in [3.05, 3.63) is 30.1 Å². The molecule has 4 heteroatoms. The second kappa shape index (κ2) is 6.27. The van der Waals surface area contributed by atoms with Crippen LogP contribution in [0.2, 0.25) is 0 Å². The molecule has 1 aromatic heterocycles. The van der Waals surface area contributed by atoms with Crippen molar-refractivity contribution in [3.8, 4) is 0 Å². The van der Waals surface area contributed by atoms with Crippen LogP contribution in [0.1, 0.15) is 18.9 Å². The Morgan fingerprint density at radius 2 is 2.33 bits per heavy atom. The highest BCUT2D eigenvalue weighted by Gasteiger charge is 2.25. The van der Waals surface area contributed by atoms with Gasteiger partial charge in [-0.1, -0.05) is 6.07 Å². The van der Waals surface area contributed by atoms with Crippen molar-refractivity contribution >= 4 is 0 Å². The molecule has 0 aliphatic carbocycles. The van der Waals surface area contributed by atoms with E-state index >= 15 is 0 Å². The van der Waals surface area contributed by atoms with Gasteiger partial charge in [-0.05, 0) is 38.6 Å². The van der Waals surface area contributed by atoms with Crippen molar-refractivity contribution in [1.29, 1.82) is 0 Å². The van der Waals surface area contributed by atoms with Gasteiger partial charge in [-0.2, -0.15) is 0 Å². The van der Waals surface area contributed by atoms with E-state index in [-0.39, 0.29) is 12.6 Å². The summed E-state index contributed by atoms with van der Waals surface area (Å²) in [7, 11) is 2.10. The Bertz CT molecular complexity index is 357. The third-order valence-corrected chi connectivity index (χ3v) is 3.91. The summed E-state index contributed by atoms with van der Waals surface area (Å²) in [6.07, 6.45) is 4.88. The standard InChI is InChI=1S/C14H23N3O/c1-12-5-7-16(2)14(11-18)10-17(12)9-13-4-3-6-15-8-13/h3-4,6,8,12,14,18H,5,7,9-11H2,1-2H3. The van der Waals surface area contributed by atoms with Crippen molar-refractivity contribution in [2.75, 3.05) is 26.7 Å². The summed E-state index contributed by atoms with van der Waals surface area (Å²) in [5.41, 5.74) is 1.24. The molecule has 1 aliphatic rings. The number of aliphatic hydroxyl groups is 1. The summed E-state index contributed by atoms with van der Waals surface area (Å²) < 4.78 is 0. The minimum Gasteiger partial charge on any atom is -0.395 e. The van der Waals surface area contributed by atoms with Crippen LogP contribution in [-0.4, -0.2) is 58.7 Å². The lowest BCUT2D eigenvalue weighted by atomic mass is 10.1. The first-order valence-corrected chi connectivity index (χ1v) is 6.64. The highest BCUT2D eigenvalue weighted by atomic mass is 16.3. The maximum atomic E-state index is 9.48. The van der Waals surface area contributed by atoms with Gasteiger partial charge in [0.2, 0.25) is 0 Å². The molecule has 1 saturated heterocycles. The molecule has 0 spiro atoms. The van der Waals surface area contributed by atoms with Gasteiger partial charge in [0.15, 0.2) is 0 Å². The highest BCUT2D eigenvalue weighted by molar-refractivity contribution is 5.08. The van der Waals surface area contributed by atoms with E-state index in [0.717, 1.165) is 26.1 Å². The summed E-state index contributed by atoms with van der Waals surface area (Å²) in [4.78, 5) is 8.88. The molecule has 2 rings (SSSR count). The van der Waals surface area contributed by atoms with Gasteiger partial charge in [-0.25, -0.2) is 0 Å². The molecule has 2 unspecified atom stereocenters. The van der Waals surface area contributed by atoms with Crippen LogP contribution < -0.4 is 0 Å². The van der Waals surface area contributed by atoms with Gasteiger partial charge >= 0.3 is 0 Å². The molecule has 100 valence electrons. The molecule has 0 radical (unpaired) electrons. The summed E-state index contributed by atoms with van der Waals surface area (Å²) in [5, 5.41) is 9.48. The zero-order chi connectivity index (χ0) is 13.0. The first kappa shape index (κ1) is 13.5. The number of nitrogens with zero attached hydrogens (tertiary/aromatic N) is 3. The van der Waals surface area contributed by atoms with E-state index in [4.69, 9.17) is 0 Å². The Hall–Kier alpha value is -0.970. The third kappa shape index (κ3) is 3.28. The molecule has 1 aliphatic heterocycles. The van der Waals surface area contributed by atoms with Gasteiger partial charge in [-0.3, -0.25) is 14.8 Å². The SMILES string of the molecule is CC1CCN(C)C(CO)CN1Cc1cccnc1. The Kier molecular flexibility index (Phi) is 4.69. The lowest BCUT2D eigenvalue weighted by Gasteiger charge is -2.30. The molecule has 1 aromatic rings. The Labute approximate surface area is 109 Å². The fraction of sp³-hybridized carbons (Fsp3) is 0.643. The Morgan fingerprint density at radius 3 is 3.00 bits per heavy atom. The first-order chi connectivity index (χ1) is 8.70. The van der Waals surface area contributed by atoms with Crippen molar-refractivity contribution in [3.63, 3.8) is 0 Å². The van der Waals surface area contributed by atoms with Gasteiger partial charge < -0.3 is 5.11 Å². The summed E-state index contributed by atoms with van der Waals surface area (Å²) in [5.74, 6) is 0. The van der Waals surface area contributed by atoms with Gasteiger partial charge in [0.05, 0.1) is 6.61 Å². The Balaban J connectivity index is 2.05. The summed E-state index contributed by atoms with van der Waals surface area (Å²) in [6.45, 7) is 5.38. The number of aromatic nitrogens is 1. The lowest BCUT2D eigenvalue weighted by molar-refractivity contribution is 0.120. The van der Waals surface area contributed by atoms with E-state index in [1.807, 2.05) is 12.3 Å². The molecule has 0 amide bonds. The van der Waals surface area contributed by atoms with Crippen LogP contribution in [0.15, 0.2) is 24.5 Å². The van der Waals surface area contributed by atoms with Gasteiger partial charge in [-0.15, -0.1) is 0 Å². The molecule has 0 bridgehead atoms. The smallest absolute Gasteiger partial charge is 0.0599 e. The summed E-state index contributed by atoms with van der Waals surface area (Å²) >= 11 is 0. The predicted octanol–water partition coefficient (Wildman–Crippen LogP) is 0.968. The van der Waals surface area contributed by atoms with Crippen molar-refractivity contribution in [2.24, 2.45) is 0 Å². The average Bonchev–Trinajstić information content (AvgIpc) is 2.53. The van der Waals surface area contributed by atoms with Crippen LogP contribution in [0.5, 0.6) is 0 Å². The zero-order valence-electron chi connectivity index (χ0n) is 11.3. The van der Waals surface area contributed by atoms with E-state index in [2.05, 4.69) is 34.8 Å². The molecular formula is C14H23N3O. The van der Waals surface area contributed by atoms with Crippen molar-refractivity contribution in [2.45, 2.75) is 32.0 Å².